The predicted molar refractivity (Wildman–Crippen MR) is 82.6 cm³/mol. The quantitative estimate of drug-likeness (QED) is 0.716. The van der Waals surface area contributed by atoms with Crippen molar-refractivity contribution >= 4 is 0 Å². The highest BCUT2D eigenvalue weighted by Crippen LogP contribution is 2.39. The molecule has 3 aromatic rings. The van der Waals surface area contributed by atoms with Crippen LogP contribution in [0.5, 0.6) is 17.2 Å². The Balaban J connectivity index is 2.06. The fourth-order valence-electron chi connectivity index (χ4n) is 2.14. The molecule has 2 heterocycles. The average Bonchev–Trinajstić information content (AvgIpc) is 3.11. The van der Waals surface area contributed by atoms with Crippen molar-refractivity contribution in [3.63, 3.8) is 0 Å². The Morgan fingerprint density at radius 1 is 0.957 bits per heavy atom. The standard InChI is InChI=1S/C16H15N3O4/c1-20-12-8-14(22-3)13(21-2)7-11(12)16-18-15(19-23-16)10-5-4-6-17-9-10/h4-9H,1-3H3. The van der Waals surface area contributed by atoms with Gasteiger partial charge in [-0.1, -0.05) is 5.16 Å². The van der Waals surface area contributed by atoms with E-state index in [9.17, 15) is 0 Å². The van der Waals surface area contributed by atoms with Gasteiger partial charge in [0.15, 0.2) is 11.5 Å². The number of pyridine rings is 1. The number of benzene rings is 1. The summed E-state index contributed by atoms with van der Waals surface area (Å²) >= 11 is 0. The highest BCUT2D eigenvalue weighted by Gasteiger charge is 2.19. The van der Waals surface area contributed by atoms with Crippen LogP contribution in [0.2, 0.25) is 0 Å². The van der Waals surface area contributed by atoms with Crippen molar-refractivity contribution in [1.82, 2.24) is 15.1 Å². The van der Waals surface area contributed by atoms with E-state index in [1.807, 2.05) is 12.1 Å². The lowest BCUT2D eigenvalue weighted by atomic mass is 10.1. The molecule has 3 rings (SSSR count). The molecule has 2 aromatic heterocycles. The summed E-state index contributed by atoms with van der Waals surface area (Å²) in [5.74, 6) is 2.42. The van der Waals surface area contributed by atoms with Gasteiger partial charge in [0.25, 0.3) is 5.89 Å². The second kappa shape index (κ2) is 6.35. The molecule has 118 valence electrons. The zero-order valence-electron chi connectivity index (χ0n) is 12.9. The fraction of sp³-hybridized carbons (Fsp3) is 0.188. The van der Waals surface area contributed by atoms with Crippen LogP contribution in [0.25, 0.3) is 22.8 Å². The normalized spacial score (nSPS) is 10.4. The van der Waals surface area contributed by atoms with Gasteiger partial charge in [0, 0.05) is 30.1 Å². The van der Waals surface area contributed by atoms with Gasteiger partial charge in [0.2, 0.25) is 5.82 Å². The van der Waals surface area contributed by atoms with E-state index in [1.54, 1.807) is 45.9 Å². The van der Waals surface area contributed by atoms with Crippen LogP contribution < -0.4 is 14.2 Å². The summed E-state index contributed by atoms with van der Waals surface area (Å²) in [5, 5.41) is 3.98. The van der Waals surface area contributed by atoms with Crippen LogP contribution in [0, 0.1) is 0 Å². The number of hydrogen-bond donors (Lipinski definition) is 0. The number of aromatic nitrogens is 3. The van der Waals surface area contributed by atoms with Gasteiger partial charge >= 0.3 is 0 Å². The van der Waals surface area contributed by atoms with Crippen LogP contribution in [0.15, 0.2) is 41.2 Å². The highest BCUT2D eigenvalue weighted by atomic mass is 16.5. The molecule has 0 atom stereocenters. The summed E-state index contributed by atoms with van der Waals surface area (Å²) in [6.45, 7) is 0. The molecule has 0 bridgehead atoms. The zero-order chi connectivity index (χ0) is 16.2. The Morgan fingerprint density at radius 3 is 2.35 bits per heavy atom. The van der Waals surface area contributed by atoms with E-state index in [2.05, 4.69) is 15.1 Å². The van der Waals surface area contributed by atoms with Crippen molar-refractivity contribution in [3.8, 4) is 40.1 Å². The second-order valence-electron chi connectivity index (χ2n) is 4.57. The maximum atomic E-state index is 5.38. The molecule has 0 radical (unpaired) electrons. The van der Waals surface area contributed by atoms with Gasteiger partial charge in [0.1, 0.15) is 5.75 Å². The smallest absolute Gasteiger partial charge is 0.262 e. The van der Waals surface area contributed by atoms with E-state index >= 15 is 0 Å². The Bertz CT molecular complexity index is 802. The third-order valence-electron chi connectivity index (χ3n) is 3.28. The van der Waals surface area contributed by atoms with Crippen molar-refractivity contribution in [2.45, 2.75) is 0 Å². The third-order valence-corrected chi connectivity index (χ3v) is 3.28. The van der Waals surface area contributed by atoms with Crippen LogP contribution >= 0.6 is 0 Å². The summed E-state index contributed by atoms with van der Waals surface area (Å²) < 4.78 is 21.3. The minimum atomic E-state index is 0.321. The molecule has 0 saturated heterocycles. The molecule has 0 unspecified atom stereocenters. The Kier molecular flexibility index (Phi) is 4.09. The van der Waals surface area contributed by atoms with Crippen LogP contribution in [0.3, 0.4) is 0 Å². The third kappa shape index (κ3) is 2.80. The Morgan fingerprint density at radius 2 is 1.70 bits per heavy atom. The molecule has 23 heavy (non-hydrogen) atoms. The van der Waals surface area contributed by atoms with E-state index < -0.39 is 0 Å². The fourth-order valence-corrected chi connectivity index (χ4v) is 2.14. The maximum Gasteiger partial charge on any atom is 0.262 e. The van der Waals surface area contributed by atoms with Gasteiger partial charge in [0.05, 0.1) is 26.9 Å². The van der Waals surface area contributed by atoms with Crippen molar-refractivity contribution in [1.29, 1.82) is 0 Å². The van der Waals surface area contributed by atoms with Gasteiger partial charge in [-0.05, 0) is 12.1 Å². The molecule has 0 N–H and O–H groups in total. The summed E-state index contributed by atoms with van der Waals surface area (Å²) in [4.78, 5) is 8.44. The lowest BCUT2D eigenvalue weighted by Gasteiger charge is -2.11. The molecule has 0 amide bonds. The van der Waals surface area contributed by atoms with E-state index in [0.717, 1.165) is 5.56 Å². The van der Waals surface area contributed by atoms with Gasteiger partial charge < -0.3 is 18.7 Å². The van der Waals surface area contributed by atoms with Crippen molar-refractivity contribution in [2.75, 3.05) is 21.3 Å². The van der Waals surface area contributed by atoms with Crippen LogP contribution in [-0.2, 0) is 0 Å². The first-order chi connectivity index (χ1) is 11.3. The molecule has 0 saturated carbocycles. The summed E-state index contributed by atoms with van der Waals surface area (Å²) in [6.07, 6.45) is 3.35. The van der Waals surface area contributed by atoms with Crippen LogP contribution in [0.4, 0.5) is 0 Å². The van der Waals surface area contributed by atoms with E-state index in [1.165, 1.54) is 0 Å². The highest BCUT2D eigenvalue weighted by molar-refractivity contribution is 5.69. The number of nitrogens with zero attached hydrogens (tertiary/aromatic N) is 3. The molecular weight excluding hydrogens is 298 g/mol. The van der Waals surface area contributed by atoms with Gasteiger partial charge in [-0.15, -0.1) is 0 Å². The first-order valence-electron chi connectivity index (χ1n) is 6.81. The van der Waals surface area contributed by atoms with Gasteiger partial charge in [-0.2, -0.15) is 4.98 Å². The summed E-state index contributed by atoms with van der Waals surface area (Å²) in [7, 11) is 4.68. The number of ether oxygens (including phenoxy) is 3. The SMILES string of the molecule is COc1cc(OC)c(-c2nc(-c3cccnc3)no2)cc1OC. The van der Waals surface area contributed by atoms with E-state index in [0.29, 0.717) is 34.5 Å². The second-order valence-corrected chi connectivity index (χ2v) is 4.57. The van der Waals surface area contributed by atoms with Crippen LogP contribution in [0.1, 0.15) is 0 Å². The van der Waals surface area contributed by atoms with Crippen molar-refractivity contribution < 1.29 is 18.7 Å². The van der Waals surface area contributed by atoms with Gasteiger partial charge in [-0.3, -0.25) is 4.98 Å². The molecule has 7 heteroatoms. The lowest BCUT2D eigenvalue weighted by molar-refractivity contribution is 0.348. The largest absolute Gasteiger partial charge is 0.496 e. The predicted octanol–water partition coefficient (Wildman–Crippen LogP) is 2.82. The molecule has 7 nitrogen and oxygen atoms in total. The topological polar surface area (TPSA) is 79.5 Å². The average molecular weight is 313 g/mol. The Labute approximate surface area is 132 Å². The van der Waals surface area contributed by atoms with Gasteiger partial charge in [-0.25, -0.2) is 0 Å². The number of methoxy groups -OCH3 is 3. The Hall–Kier alpha value is -3.09. The van der Waals surface area contributed by atoms with Crippen molar-refractivity contribution in [2.24, 2.45) is 0 Å². The molecule has 0 aliphatic rings. The zero-order valence-corrected chi connectivity index (χ0v) is 12.9. The minimum absolute atomic E-state index is 0.321. The molecule has 0 fully saturated rings. The first-order valence-corrected chi connectivity index (χ1v) is 6.81. The van der Waals surface area contributed by atoms with Crippen molar-refractivity contribution in [3.05, 3.63) is 36.7 Å². The number of rotatable bonds is 5. The van der Waals surface area contributed by atoms with E-state index in [-0.39, 0.29) is 0 Å². The maximum absolute atomic E-state index is 5.38. The first kappa shape index (κ1) is 14.8. The molecule has 1 aromatic carbocycles. The number of hydrogen-bond acceptors (Lipinski definition) is 7. The molecule has 0 aliphatic heterocycles. The van der Waals surface area contributed by atoms with E-state index in [4.69, 9.17) is 18.7 Å². The minimum Gasteiger partial charge on any atom is -0.496 e. The molecule has 0 aliphatic carbocycles. The molecule has 0 spiro atoms. The van der Waals surface area contributed by atoms with Crippen LogP contribution in [-0.4, -0.2) is 36.5 Å². The summed E-state index contributed by atoms with van der Waals surface area (Å²) in [5.41, 5.74) is 1.38. The lowest BCUT2D eigenvalue weighted by Crippen LogP contribution is -1.95. The molecular formula is C16H15N3O4. The monoisotopic (exact) mass is 313 g/mol. The summed E-state index contributed by atoms with van der Waals surface area (Å²) in [6, 6.07) is 7.11.